The molecular weight excluding hydrogens is 408 g/mol. The summed E-state index contributed by atoms with van der Waals surface area (Å²) in [6.07, 6.45) is 1.22. The number of hydrazine groups is 1. The highest BCUT2D eigenvalue weighted by molar-refractivity contribution is 7.90. The number of sulfone groups is 1. The molecule has 0 aliphatic heterocycles. The van der Waals surface area contributed by atoms with Gasteiger partial charge in [0.2, 0.25) is 0 Å². The quantitative estimate of drug-likeness (QED) is 0.559. The van der Waals surface area contributed by atoms with Crippen molar-refractivity contribution in [3.63, 3.8) is 0 Å². The number of amides is 2. The van der Waals surface area contributed by atoms with E-state index in [9.17, 15) is 18.0 Å². The first-order valence-electron chi connectivity index (χ1n) is 8.98. The van der Waals surface area contributed by atoms with Crippen molar-refractivity contribution in [1.82, 2.24) is 10.9 Å². The smallest absolute Gasteiger partial charge is 0.305 e. The average Bonchev–Trinajstić information content (AvgIpc) is 3.18. The van der Waals surface area contributed by atoms with E-state index < -0.39 is 27.4 Å². The van der Waals surface area contributed by atoms with E-state index >= 15 is 0 Å². The molecule has 2 N–H and O–H groups in total. The fourth-order valence-corrected chi connectivity index (χ4v) is 4.01. The van der Waals surface area contributed by atoms with Gasteiger partial charge < -0.3 is 9.15 Å². The van der Waals surface area contributed by atoms with Crippen molar-refractivity contribution in [3.05, 3.63) is 83.8 Å². The standard InChI is InChI=1S/C21H20N2O6S/c1-15-6-5-7-17(12-15)29-13-19(24)22-23-21(25)20-16(10-11-28-20)14-30(26,27)18-8-3-2-4-9-18/h2-12H,13-14H2,1H3,(H,22,24)(H,23,25). The molecular formula is C21H20N2O6S. The summed E-state index contributed by atoms with van der Waals surface area (Å²) in [6.45, 7) is 1.59. The van der Waals surface area contributed by atoms with Gasteiger partial charge in [0, 0.05) is 5.56 Å². The Bertz CT molecular complexity index is 1140. The molecule has 0 bridgehead atoms. The molecule has 30 heavy (non-hydrogen) atoms. The largest absolute Gasteiger partial charge is 0.484 e. The third kappa shape index (κ3) is 5.48. The van der Waals surface area contributed by atoms with Gasteiger partial charge in [0.15, 0.2) is 22.2 Å². The first-order valence-corrected chi connectivity index (χ1v) is 10.6. The van der Waals surface area contributed by atoms with Gasteiger partial charge in [-0.05, 0) is 42.8 Å². The highest BCUT2D eigenvalue weighted by Gasteiger charge is 2.22. The first-order chi connectivity index (χ1) is 14.3. The van der Waals surface area contributed by atoms with Gasteiger partial charge in [0.1, 0.15) is 5.75 Å². The van der Waals surface area contributed by atoms with Gasteiger partial charge in [-0.3, -0.25) is 20.4 Å². The number of hydrogen-bond acceptors (Lipinski definition) is 6. The predicted octanol–water partition coefficient (Wildman–Crippen LogP) is 2.40. The molecule has 8 nitrogen and oxygen atoms in total. The number of carbonyl (C=O) groups excluding carboxylic acids is 2. The maximum Gasteiger partial charge on any atom is 0.305 e. The van der Waals surface area contributed by atoms with Crippen molar-refractivity contribution < 1.29 is 27.2 Å². The fourth-order valence-electron chi connectivity index (χ4n) is 2.64. The number of nitrogens with one attached hydrogen (secondary N) is 2. The third-order valence-electron chi connectivity index (χ3n) is 4.08. The number of rotatable bonds is 7. The van der Waals surface area contributed by atoms with Crippen LogP contribution in [-0.4, -0.2) is 26.8 Å². The second kappa shape index (κ2) is 9.27. The van der Waals surface area contributed by atoms with Crippen molar-refractivity contribution in [2.24, 2.45) is 0 Å². The van der Waals surface area contributed by atoms with E-state index in [2.05, 4.69) is 10.9 Å². The molecule has 0 aliphatic rings. The lowest BCUT2D eigenvalue weighted by molar-refractivity contribution is -0.123. The fraction of sp³-hybridized carbons (Fsp3) is 0.143. The van der Waals surface area contributed by atoms with Gasteiger partial charge in [0.25, 0.3) is 5.91 Å². The molecule has 0 saturated heterocycles. The van der Waals surface area contributed by atoms with Crippen molar-refractivity contribution in [2.45, 2.75) is 17.6 Å². The molecule has 2 amide bonds. The highest BCUT2D eigenvalue weighted by atomic mass is 32.2. The highest BCUT2D eigenvalue weighted by Crippen LogP contribution is 2.19. The molecule has 0 fully saturated rings. The zero-order valence-corrected chi connectivity index (χ0v) is 16.9. The van der Waals surface area contributed by atoms with Crippen LogP contribution in [0.15, 0.2) is 76.2 Å². The van der Waals surface area contributed by atoms with Gasteiger partial charge >= 0.3 is 5.91 Å². The normalized spacial score (nSPS) is 11.0. The molecule has 3 rings (SSSR count). The summed E-state index contributed by atoms with van der Waals surface area (Å²) in [5.74, 6) is -1.46. The Morgan fingerprint density at radius 1 is 1.00 bits per heavy atom. The van der Waals surface area contributed by atoms with Crippen LogP contribution in [0.3, 0.4) is 0 Å². The zero-order chi connectivity index (χ0) is 21.6. The van der Waals surface area contributed by atoms with Gasteiger partial charge in [-0.2, -0.15) is 0 Å². The van der Waals surface area contributed by atoms with E-state index in [0.29, 0.717) is 5.75 Å². The van der Waals surface area contributed by atoms with Crippen LogP contribution in [0.5, 0.6) is 5.75 Å². The molecule has 0 aliphatic carbocycles. The minimum Gasteiger partial charge on any atom is -0.484 e. The lowest BCUT2D eigenvalue weighted by Gasteiger charge is -2.09. The SMILES string of the molecule is Cc1cccc(OCC(=O)NNC(=O)c2occc2CS(=O)(=O)c2ccccc2)c1. The molecule has 9 heteroatoms. The minimum atomic E-state index is -3.66. The van der Waals surface area contributed by atoms with Gasteiger partial charge in [-0.1, -0.05) is 30.3 Å². The monoisotopic (exact) mass is 428 g/mol. The van der Waals surface area contributed by atoms with Crippen molar-refractivity contribution in [2.75, 3.05) is 6.61 Å². The van der Waals surface area contributed by atoms with Crippen molar-refractivity contribution in [3.8, 4) is 5.75 Å². The Morgan fingerprint density at radius 3 is 2.50 bits per heavy atom. The summed E-state index contributed by atoms with van der Waals surface area (Å²) >= 11 is 0. The van der Waals surface area contributed by atoms with Crippen LogP contribution in [0.25, 0.3) is 0 Å². The third-order valence-corrected chi connectivity index (χ3v) is 5.76. The molecule has 3 aromatic rings. The van der Waals surface area contributed by atoms with E-state index in [1.165, 1.54) is 24.5 Å². The molecule has 0 saturated carbocycles. The lowest BCUT2D eigenvalue weighted by Crippen LogP contribution is -2.44. The number of benzene rings is 2. The van der Waals surface area contributed by atoms with E-state index in [1.807, 2.05) is 13.0 Å². The number of aryl methyl sites for hydroxylation is 1. The van der Waals surface area contributed by atoms with Gasteiger partial charge in [-0.25, -0.2) is 8.42 Å². The van der Waals surface area contributed by atoms with Gasteiger partial charge in [0.05, 0.1) is 16.9 Å². The molecule has 0 atom stereocenters. The summed E-state index contributed by atoms with van der Waals surface area (Å²) < 4.78 is 35.5. The second-order valence-electron chi connectivity index (χ2n) is 6.45. The molecule has 1 heterocycles. The van der Waals surface area contributed by atoms with E-state index in [1.54, 1.807) is 36.4 Å². The first kappa shape index (κ1) is 21.1. The Morgan fingerprint density at radius 2 is 1.77 bits per heavy atom. The van der Waals surface area contributed by atoms with Gasteiger partial charge in [-0.15, -0.1) is 0 Å². The molecule has 1 aromatic heterocycles. The summed E-state index contributed by atoms with van der Waals surface area (Å²) in [7, 11) is -3.66. The number of ether oxygens (including phenoxy) is 1. The van der Waals surface area contributed by atoms with Crippen LogP contribution < -0.4 is 15.6 Å². The molecule has 156 valence electrons. The molecule has 0 unspecified atom stereocenters. The maximum atomic E-state index is 12.5. The lowest BCUT2D eigenvalue weighted by atomic mass is 10.2. The predicted molar refractivity (Wildman–Crippen MR) is 108 cm³/mol. The molecule has 0 radical (unpaired) electrons. The molecule has 0 spiro atoms. The zero-order valence-electron chi connectivity index (χ0n) is 16.1. The maximum absolute atomic E-state index is 12.5. The Labute approximate surface area is 173 Å². The Hall–Kier alpha value is -3.59. The minimum absolute atomic E-state index is 0.138. The van der Waals surface area contributed by atoms with Crippen LogP contribution in [0, 0.1) is 6.92 Å². The van der Waals surface area contributed by atoms with Crippen LogP contribution in [0.1, 0.15) is 21.7 Å². The Balaban J connectivity index is 1.56. The van der Waals surface area contributed by atoms with E-state index in [4.69, 9.17) is 9.15 Å². The topological polar surface area (TPSA) is 115 Å². The van der Waals surface area contributed by atoms with Crippen LogP contribution in [0.2, 0.25) is 0 Å². The van der Waals surface area contributed by atoms with E-state index in [0.717, 1.165) is 5.56 Å². The number of carbonyl (C=O) groups is 2. The Kier molecular flexibility index (Phi) is 6.53. The second-order valence-corrected chi connectivity index (χ2v) is 8.44. The number of hydrogen-bond donors (Lipinski definition) is 2. The number of furan rings is 1. The summed E-state index contributed by atoms with van der Waals surface area (Å²) in [5, 5.41) is 0. The summed E-state index contributed by atoms with van der Waals surface area (Å²) in [6, 6.07) is 16.5. The van der Waals surface area contributed by atoms with Crippen LogP contribution >= 0.6 is 0 Å². The summed E-state index contributed by atoms with van der Waals surface area (Å²) in [5.41, 5.74) is 5.56. The average molecular weight is 428 g/mol. The van der Waals surface area contributed by atoms with E-state index in [-0.39, 0.29) is 22.8 Å². The van der Waals surface area contributed by atoms with Crippen molar-refractivity contribution >= 4 is 21.7 Å². The van der Waals surface area contributed by atoms with Crippen molar-refractivity contribution in [1.29, 1.82) is 0 Å². The van der Waals surface area contributed by atoms with Crippen LogP contribution in [-0.2, 0) is 20.4 Å². The summed E-state index contributed by atoms with van der Waals surface area (Å²) in [4.78, 5) is 24.4. The molecule has 2 aromatic carbocycles. The van der Waals surface area contributed by atoms with Crippen LogP contribution in [0.4, 0.5) is 0 Å².